The summed E-state index contributed by atoms with van der Waals surface area (Å²) in [5.41, 5.74) is 3.38. The van der Waals surface area contributed by atoms with Crippen LogP contribution in [0, 0.1) is 0 Å². The van der Waals surface area contributed by atoms with Crippen LogP contribution < -0.4 is 4.90 Å². The van der Waals surface area contributed by atoms with Gasteiger partial charge in [-0.15, -0.1) is 0 Å². The Hall–Kier alpha value is -1.57. The number of carbonyl (C=O) groups excluding carboxylic acids is 1. The molecule has 0 aromatic heterocycles. The van der Waals surface area contributed by atoms with Crippen LogP contribution in [-0.2, 0) is 4.79 Å². The number of amides is 1. The number of hydrogen-bond donors (Lipinski definition) is 0. The van der Waals surface area contributed by atoms with Gasteiger partial charge in [-0.1, -0.05) is 38.1 Å². The Bertz CT molecular complexity index is 504. The third kappa shape index (κ3) is 1.86. The molecule has 1 amide bonds. The molecule has 0 saturated carbocycles. The Morgan fingerprint density at radius 3 is 2.50 bits per heavy atom. The summed E-state index contributed by atoms with van der Waals surface area (Å²) in [5, 5.41) is 0. The Kier molecular flexibility index (Phi) is 3.29. The fraction of sp³-hybridized carbons (Fsp3) is 0.438. The summed E-state index contributed by atoms with van der Waals surface area (Å²) < 4.78 is 0. The minimum atomic E-state index is -0.203. The highest BCUT2D eigenvalue weighted by Gasteiger charge is 2.36. The van der Waals surface area contributed by atoms with Gasteiger partial charge in [-0.05, 0) is 31.4 Å². The van der Waals surface area contributed by atoms with Crippen molar-refractivity contribution >= 4 is 17.2 Å². The molecule has 96 valence electrons. The van der Waals surface area contributed by atoms with E-state index in [-0.39, 0.29) is 11.4 Å². The monoisotopic (exact) mass is 243 g/mol. The fourth-order valence-corrected chi connectivity index (χ4v) is 2.81. The van der Waals surface area contributed by atoms with Gasteiger partial charge in [-0.25, -0.2) is 0 Å². The van der Waals surface area contributed by atoms with Gasteiger partial charge in [-0.3, -0.25) is 4.79 Å². The lowest BCUT2D eigenvalue weighted by Gasteiger charge is -2.43. The second-order valence-electron chi connectivity index (χ2n) is 5.11. The molecule has 1 aromatic rings. The van der Waals surface area contributed by atoms with Crippen molar-refractivity contribution in [2.24, 2.45) is 0 Å². The molecule has 2 rings (SSSR count). The molecule has 1 heterocycles. The normalized spacial score (nSPS) is 22.4. The Balaban J connectivity index is 2.67. The van der Waals surface area contributed by atoms with Crippen LogP contribution in [0.25, 0.3) is 5.57 Å². The maximum atomic E-state index is 12.0. The predicted molar refractivity (Wildman–Crippen MR) is 76.6 cm³/mol. The van der Waals surface area contributed by atoms with Crippen molar-refractivity contribution in [3.63, 3.8) is 0 Å². The summed E-state index contributed by atoms with van der Waals surface area (Å²) in [4.78, 5) is 14.0. The van der Waals surface area contributed by atoms with Crippen LogP contribution in [0.5, 0.6) is 0 Å². The quantitative estimate of drug-likeness (QED) is 0.768. The average Bonchev–Trinajstić information content (AvgIpc) is 2.37. The minimum Gasteiger partial charge on any atom is -0.303 e. The van der Waals surface area contributed by atoms with Crippen molar-refractivity contribution in [3.05, 3.63) is 35.9 Å². The first-order chi connectivity index (χ1) is 8.53. The van der Waals surface area contributed by atoms with Crippen LogP contribution in [0.2, 0.25) is 0 Å². The molecule has 2 heteroatoms. The number of hydrogen-bond acceptors (Lipinski definition) is 1. The van der Waals surface area contributed by atoms with Crippen molar-refractivity contribution in [1.29, 1.82) is 0 Å². The summed E-state index contributed by atoms with van der Waals surface area (Å²) in [5.74, 6) is 0.109. The van der Waals surface area contributed by atoms with Gasteiger partial charge < -0.3 is 4.90 Å². The smallest absolute Gasteiger partial charge is 0.224 e. The van der Waals surface area contributed by atoms with Gasteiger partial charge >= 0.3 is 0 Å². The van der Waals surface area contributed by atoms with Crippen molar-refractivity contribution in [2.75, 3.05) is 4.90 Å². The van der Waals surface area contributed by atoms with Gasteiger partial charge in [0, 0.05) is 12.5 Å². The maximum Gasteiger partial charge on any atom is 0.224 e. The second kappa shape index (κ2) is 4.60. The number of fused-ring (bicyclic) bond motifs is 1. The van der Waals surface area contributed by atoms with Crippen LogP contribution in [-0.4, -0.2) is 11.4 Å². The van der Waals surface area contributed by atoms with Crippen molar-refractivity contribution in [3.8, 4) is 0 Å². The van der Waals surface area contributed by atoms with E-state index >= 15 is 0 Å². The summed E-state index contributed by atoms with van der Waals surface area (Å²) in [6.45, 7) is 8.09. The molecule has 0 saturated heterocycles. The number of allylic oxidation sites excluding steroid dienone is 1. The molecule has 0 N–H and O–H groups in total. The summed E-state index contributed by atoms with van der Waals surface area (Å²) in [6.07, 6.45) is 4.18. The highest BCUT2D eigenvalue weighted by Crippen LogP contribution is 2.41. The van der Waals surface area contributed by atoms with E-state index in [1.54, 1.807) is 6.92 Å². The summed E-state index contributed by atoms with van der Waals surface area (Å²) in [7, 11) is 0. The standard InChI is InChI=1S/C16H21NO/c1-5-13-11-16(4,6-2)17(12(3)18)15-10-8-7-9-14(13)15/h7-11H,5-6H2,1-4H3. The average molecular weight is 243 g/mol. The molecule has 1 aliphatic heterocycles. The molecule has 0 fully saturated rings. The SMILES string of the molecule is CCC1=CC(C)(CC)N(C(C)=O)c2ccccc21. The molecule has 0 radical (unpaired) electrons. The zero-order chi connectivity index (χ0) is 13.3. The Morgan fingerprint density at radius 2 is 1.94 bits per heavy atom. The lowest BCUT2D eigenvalue weighted by molar-refractivity contribution is -0.117. The van der Waals surface area contributed by atoms with Gasteiger partial charge in [-0.2, -0.15) is 0 Å². The van der Waals surface area contributed by atoms with E-state index in [0.717, 1.165) is 18.5 Å². The van der Waals surface area contributed by atoms with Gasteiger partial charge in [0.05, 0.1) is 11.2 Å². The zero-order valence-corrected chi connectivity index (χ0v) is 11.7. The predicted octanol–water partition coefficient (Wildman–Crippen LogP) is 4.02. The number of rotatable bonds is 2. The topological polar surface area (TPSA) is 20.3 Å². The van der Waals surface area contributed by atoms with Crippen LogP contribution in [0.1, 0.15) is 46.1 Å². The van der Waals surface area contributed by atoms with Crippen LogP contribution in [0.15, 0.2) is 30.3 Å². The van der Waals surface area contributed by atoms with E-state index in [9.17, 15) is 4.79 Å². The van der Waals surface area contributed by atoms with Crippen LogP contribution >= 0.6 is 0 Å². The molecule has 0 aliphatic carbocycles. The highest BCUT2D eigenvalue weighted by atomic mass is 16.2. The number of anilines is 1. The van der Waals surface area contributed by atoms with Gasteiger partial charge in [0.15, 0.2) is 0 Å². The molecular formula is C16H21NO. The molecule has 18 heavy (non-hydrogen) atoms. The third-order valence-corrected chi connectivity index (χ3v) is 3.90. The number of carbonyl (C=O) groups is 1. The largest absolute Gasteiger partial charge is 0.303 e. The molecule has 1 aliphatic rings. The first-order valence-corrected chi connectivity index (χ1v) is 6.65. The van der Waals surface area contributed by atoms with E-state index in [0.29, 0.717) is 0 Å². The minimum absolute atomic E-state index is 0.109. The third-order valence-electron chi connectivity index (χ3n) is 3.90. The lowest BCUT2D eigenvalue weighted by Crippen LogP contribution is -2.49. The summed E-state index contributed by atoms with van der Waals surface area (Å²) >= 11 is 0. The van der Waals surface area contributed by atoms with E-state index < -0.39 is 0 Å². The van der Waals surface area contributed by atoms with E-state index in [1.165, 1.54) is 11.1 Å². The van der Waals surface area contributed by atoms with Crippen LogP contribution in [0.3, 0.4) is 0 Å². The number of nitrogens with zero attached hydrogens (tertiary/aromatic N) is 1. The first-order valence-electron chi connectivity index (χ1n) is 6.65. The second-order valence-corrected chi connectivity index (χ2v) is 5.11. The van der Waals surface area contributed by atoms with Crippen LogP contribution in [0.4, 0.5) is 5.69 Å². The number of benzene rings is 1. The van der Waals surface area contributed by atoms with Gasteiger partial charge in [0.2, 0.25) is 5.91 Å². The molecule has 0 bridgehead atoms. The maximum absolute atomic E-state index is 12.0. The molecule has 2 nitrogen and oxygen atoms in total. The molecular weight excluding hydrogens is 222 g/mol. The van der Waals surface area contributed by atoms with E-state index in [1.807, 2.05) is 23.1 Å². The van der Waals surface area contributed by atoms with Gasteiger partial charge in [0.25, 0.3) is 0 Å². The number of para-hydroxylation sites is 1. The molecule has 1 aromatic carbocycles. The van der Waals surface area contributed by atoms with Crippen molar-refractivity contribution in [2.45, 2.75) is 46.1 Å². The van der Waals surface area contributed by atoms with E-state index in [2.05, 4.69) is 32.9 Å². The molecule has 0 spiro atoms. The highest BCUT2D eigenvalue weighted by molar-refractivity contribution is 5.99. The molecule has 1 atom stereocenters. The molecule has 1 unspecified atom stereocenters. The Morgan fingerprint density at radius 1 is 1.28 bits per heavy atom. The zero-order valence-electron chi connectivity index (χ0n) is 11.7. The first kappa shape index (κ1) is 12.9. The van der Waals surface area contributed by atoms with Crippen molar-refractivity contribution in [1.82, 2.24) is 0 Å². The Labute approximate surface area is 109 Å². The lowest BCUT2D eigenvalue weighted by atomic mass is 9.84. The summed E-state index contributed by atoms with van der Waals surface area (Å²) in [6, 6.07) is 8.20. The van der Waals surface area contributed by atoms with Gasteiger partial charge in [0.1, 0.15) is 0 Å². The van der Waals surface area contributed by atoms with Crippen molar-refractivity contribution < 1.29 is 4.79 Å². The van der Waals surface area contributed by atoms with E-state index in [4.69, 9.17) is 0 Å². The fourth-order valence-electron chi connectivity index (χ4n) is 2.81.